The Balaban J connectivity index is 1.19. The summed E-state index contributed by atoms with van der Waals surface area (Å²) in [5.41, 5.74) is 11.3. The van der Waals surface area contributed by atoms with Gasteiger partial charge in [-0.25, -0.2) is 9.97 Å². The van der Waals surface area contributed by atoms with Crippen LogP contribution in [0.25, 0.3) is 99.6 Å². The van der Waals surface area contributed by atoms with Crippen molar-refractivity contribution in [2.24, 2.45) is 0 Å². The average molecular weight is 651 g/mol. The zero-order valence-corrected chi connectivity index (χ0v) is 27.6. The van der Waals surface area contributed by atoms with E-state index in [1.807, 2.05) is 30.3 Å². The third kappa shape index (κ3) is 4.98. The summed E-state index contributed by atoms with van der Waals surface area (Å²) in [6.45, 7) is 0. The van der Waals surface area contributed by atoms with Crippen LogP contribution in [0.5, 0.6) is 0 Å². The molecule has 238 valence electrons. The van der Waals surface area contributed by atoms with Crippen molar-refractivity contribution in [3.8, 4) is 56.2 Å². The third-order valence-corrected chi connectivity index (χ3v) is 9.91. The van der Waals surface area contributed by atoms with Crippen molar-refractivity contribution in [1.29, 1.82) is 0 Å². The molecule has 2 aromatic heterocycles. The van der Waals surface area contributed by atoms with Crippen LogP contribution in [0, 0.1) is 0 Å². The minimum absolute atomic E-state index is 0.695. The van der Waals surface area contributed by atoms with E-state index in [0.29, 0.717) is 5.82 Å². The second kappa shape index (κ2) is 11.9. The van der Waals surface area contributed by atoms with Gasteiger partial charge in [0.1, 0.15) is 11.2 Å². The van der Waals surface area contributed by atoms with E-state index in [0.717, 1.165) is 71.9 Å². The van der Waals surface area contributed by atoms with Crippen molar-refractivity contribution in [1.82, 2.24) is 9.97 Å². The first-order valence-electron chi connectivity index (χ1n) is 17.2. The molecule has 2 heterocycles. The molecule has 0 aliphatic rings. The SMILES string of the molecule is c1ccc(-c2nc(-c3ccc(-c4ccc5c(c4)oc4ccccc45)c4ccccc34)cc(-c3cccc4cccc(-c5ccccc5)c34)n2)cc1. The molecule has 0 fully saturated rings. The van der Waals surface area contributed by atoms with Gasteiger partial charge in [-0.15, -0.1) is 0 Å². The Kier molecular flexibility index (Phi) is 6.81. The highest BCUT2D eigenvalue weighted by Crippen LogP contribution is 2.41. The zero-order valence-electron chi connectivity index (χ0n) is 27.6. The van der Waals surface area contributed by atoms with Gasteiger partial charge in [-0.05, 0) is 68.1 Å². The van der Waals surface area contributed by atoms with Gasteiger partial charge in [0, 0.05) is 27.5 Å². The standard InChI is InChI=1S/C48H30N2O/c1-3-13-31(14-4-1)36-22-11-17-32-18-12-23-42(47(32)36)44-30-43(49-48(50-44)33-15-5-2-6-16-33)39-28-27-35(37-19-7-8-20-38(37)39)34-25-26-41-40-21-9-10-24-45(40)51-46(41)29-34/h1-30H. The van der Waals surface area contributed by atoms with Crippen molar-refractivity contribution >= 4 is 43.5 Å². The highest BCUT2D eigenvalue weighted by Gasteiger charge is 2.18. The molecule has 10 rings (SSSR count). The average Bonchev–Trinajstić information content (AvgIpc) is 3.58. The van der Waals surface area contributed by atoms with Gasteiger partial charge >= 0.3 is 0 Å². The van der Waals surface area contributed by atoms with Crippen LogP contribution in [0.15, 0.2) is 186 Å². The highest BCUT2D eigenvalue weighted by atomic mass is 16.3. The molecule has 0 radical (unpaired) electrons. The van der Waals surface area contributed by atoms with Gasteiger partial charge in [0.25, 0.3) is 0 Å². The second-order valence-corrected chi connectivity index (χ2v) is 12.9. The number of benzene rings is 8. The molecule has 0 atom stereocenters. The van der Waals surface area contributed by atoms with Crippen LogP contribution in [-0.4, -0.2) is 9.97 Å². The summed E-state index contributed by atoms with van der Waals surface area (Å²) in [5, 5.41) is 6.90. The van der Waals surface area contributed by atoms with Crippen LogP contribution in [0.2, 0.25) is 0 Å². The Morgan fingerprint density at radius 3 is 1.69 bits per heavy atom. The summed E-state index contributed by atoms with van der Waals surface area (Å²) in [7, 11) is 0. The Morgan fingerprint density at radius 1 is 0.333 bits per heavy atom. The smallest absolute Gasteiger partial charge is 0.160 e. The summed E-state index contributed by atoms with van der Waals surface area (Å²) in [5.74, 6) is 0.695. The molecule has 0 spiro atoms. The monoisotopic (exact) mass is 650 g/mol. The maximum absolute atomic E-state index is 6.28. The quantitative estimate of drug-likeness (QED) is 0.186. The number of furan rings is 1. The molecule has 51 heavy (non-hydrogen) atoms. The van der Waals surface area contributed by atoms with Gasteiger partial charge in [-0.1, -0.05) is 158 Å². The fourth-order valence-corrected chi connectivity index (χ4v) is 7.52. The van der Waals surface area contributed by atoms with Crippen LogP contribution in [0.3, 0.4) is 0 Å². The third-order valence-electron chi connectivity index (χ3n) is 9.91. The topological polar surface area (TPSA) is 38.9 Å². The van der Waals surface area contributed by atoms with Gasteiger partial charge in [0.15, 0.2) is 5.82 Å². The first kappa shape index (κ1) is 29.1. The molecule has 0 saturated heterocycles. The Labute approximate surface area is 295 Å². The molecule has 0 N–H and O–H groups in total. The van der Waals surface area contributed by atoms with Gasteiger partial charge in [0.2, 0.25) is 0 Å². The van der Waals surface area contributed by atoms with Crippen molar-refractivity contribution in [3.05, 3.63) is 182 Å². The molecule has 8 aromatic carbocycles. The number of hydrogen-bond donors (Lipinski definition) is 0. The molecule has 0 bridgehead atoms. The highest BCUT2D eigenvalue weighted by molar-refractivity contribution is 6.10. The molecule has 3 nitrogen and oxygen atoms in total. The Morgan fingerprint density at radius 2 is 0.922 bits per heavy atom. The molecule has 10 aromatic rings. The molecular formula is C48H30N2O. The van der Waals surface area contributed by atoms with Gasteiger partial charge < -0.3 is 4.42 Å². The number of fused-ring (bicyclic) bond motifs is 5. The number of rotatable bonds is 5. The van der Waals surface area contributed by atoms with Crippen LogP contribution in [0.1, 0.15) is 0 Å². The van der Waals surface area contributed by atoms with Crippen LogP contribution < -0.4 is 0 Å². The fourth-order valence-electron chi connectivity index (χ4n) is 7.52. The molecule has 0 aliphatic heterocycles. The minimum atomic E-state index is 0.695. The predicted octanol–water partition coefficient (Wildman–Crippen LogP) is 13.0. The van der Waals surface area contributed by atoms with Crippen LogP contribution in [0.4, 0.5) is 0 Å². The Bertz CT molecular complexity index is 2900. The van der Waals surface area contributed by atoms with E-state index >= 15 is 0 Å². The normalized spacial score (nSPS) is 11.5. The molecule has 0 saturated carbocycles. The predicted molar refractivity (Wildman–Crippen MR) is 212 cm³/mol. The lowest BCUT2D eigenvalue weighted by molar-refractivity contribution is 0.669. The summed E-state index contributed by atoms with van der Waals surface area (Å²) in [4.78, 5) is 10.5. The van der Waals surface area contributed by atoms with Gasteiger partial charge in [-0.3, -0.25) is 0 Å². The molecule has 0 unspecified atom stereocenters. The van der Waals surface area contributed by atoms with Gasteiger partial charge in [0.05, 0.1) is 11.4 Å². The lowest BCUT2D eigenvalue weighted by atomic mass is 9.91. The Hall–Kier alpha value is -6.84. The van der Waals surface area contributed by atoms with E-state index < -0.39 is 0 Å². The second-order valence-electron chi connectivity index (χ2n) is 12.9. The molecular weight excluding hydrogens is 621 g/mol. The lowest BCUT2D eigenvalue weighted by Gasteiger charge is -2.16. The summed E-state index contributed by atoms with van der Waals surface area (Å²) in [6, 6.07) is 63.8. The lowest BCUT2D eigenvalue weighted by Crippen LogP contribution is -1.97. The van der Waals surface area contributed by atoms with E-state index in [9.17, 15) is 0 Å². The molecule has 3 heteroatoms. The number of hydrogen-bond acceptors (Lipinski definition) is 3. The fraction of sp³-hybridized carbons (Fsp3) is 0. The first-order chi connectivity index (χ1) is 25.3. The number of aromatic nitrogens is 2. The largest absolute Gasteiger partial charge is 0.456 e. The number of nitrogens with zero attached hydrogens (tertiary/aromatic N) is 2. The maximum atomic E-state index is 6.28. The maximum Gasteiger partial charge on any atom is 0.160 e. The summed E-state index contributed by atoms with van der Waals surface area (Å²) >= 11 is 0. The van der Waals surface area contributed by atoms with E-state index in [1.54, 1.807) is 0 Å². The van der Waals surface area contributed by atoms with Crippen molar-refractivity contribution in [2.45, 2.75) is 0 Å². The zero-order chi connectivity index (χ0) is 33.7. The minimum Gasteiger partial charge on any atom is -0.456 e. The van der Waals surface area contributed by atoms with E-state index in [2.05, 4.69) is 152 Å². The molecule has 0 amide bonds. The molecule has 0 aliphatic carbocycles. The van der Waals surface area contributed by atoms with Crippen LogP contribution in [-0.2, 0) is 0 Å². The summed E-state index contributed by atoms with van der Waals surface area (Å²) in [6.07, 6.45) is 0. The van der Waals surface area contributed by atoms with Crippen molar-refractivity contribution in [3.63, 3.8) is 0 Å². The van der Waals surface area contributed by atoms with Crippen molar-refractivity contribution < 1.29 is 4.42 Å². The van der Waals surface area contributed by atoms with Crippen molar-refractivity contribution in [2.75, 3.05) is 0 Å². The van der Waals surface area contributed by atoms with E-state index in [4.69, 9.17) is 14.4 Å². The van der Waals surface area contributed by atoms with E-state index in [-0.39, 0.29) is 0 Å². The van der Waals surface area contributed by atoms with Crippen LogP contribution >= 0.6 is 0 Å². The van der Waals surface area contributed by atoms with Gasteiger partial charge in [-0.2, -0.15) is 0 Å². The first-order valence-corrected chi connectivity index (χ1v) is 17.2. The number of para-hydroxylation sites is 1. The summed E-state index contributed by atoms with van der Waals surface area (Å²) < 4.78 is 6.28. The van der Waals surface area contributed by atoms with E-state index in [1.165, 1.54) is 21.9 Å².